The molecule has 1 saturated heterocycles. The molecular formula is C28H26F2N2O. The molecule has 3 nitrogen and oxygen atoms in total. The van der Waals surface area contributed by atoms with Gasteiger partial charge in [0.25, 0.3) is 0 Å². The highest BCUT2D eigenvalue weighted by molar-refractivity contribution is 5.87. The number of fused-ring (bicyclic) bond motifs is 1. The summed E-state index contributed by atoms with van der Waals surface area (Å²) in [5.74, 6) is -0.209. The molecule has 0 aliphatic carbocycles. The molecule has 0 bridgehead atoms. The van der Waals surface area contributed by atoms with E-state index in [9.17, 15) is 13.9 Å². The summed E-state index contributed by atoms with van der Waals surface area (Å²) in [6, 6.07) is 24.9. The Balaban J connectivity index is 1.36. The Labute approximate surface area is 192 Å². The molecule has 0 atom stereocenters. The van der Waals surface area contributed by atoms with Crippen molar-refractivity contribution in [1.82, 2.24) is 9.80 Å². The average molecular weight is 445 g/mol. The molecule has 4 aromatic carbocycles. The summed E-state index contributed by atoms with van der Waals surface area (Å²) in [7, 11) is 0. The monoisotopic (exact) mass is 444 g/mol. The van der Waals surface area contributed by atoms with E-state index in [1.54, 1.807) is 6.07 Å². The zero-order valence-electron chi connectivity index (χ0n) is 18.3. The van der Waals surface area contributed by atoms with Gasteiger partial charge in [-0.2, -0.15) is 0 Å². The van der Waals surface area contributed by atoms with Crippen LogP contribution in [0.3, 0.4) is 0 Å². The summed E-state index contributed by atoms with van der Waals surface area (Å²) >= 11 is 0. The molecule has 5 heteroatoms. The molecule has 1 heterocycles. The van der Waals surface area contributed by atoms with Crippen LogP contribution in [0.4, 0.5) is 8.78 Å². The number of nitrogens with zero attached hydrogens (tertiary/aromatic N) is 2. The molecule has 5 rings (SSSR count). The second-order valence-electron chi connectivity index (χ2n) is 8.60. The van der Waals surface area contributed by atoms with Gasteiger partial charge in [-0.3, -0.25) is 9.80 Å². The predicted molar refractivity (Wildman–Crippen MR) is 127 cm³/mol. The van der Waals surface area contributed by atoms with Crippen LogP contribution in [0, 0.1) is 11.6 Å². The van der Waals surface area contributed by atoms with Gasteiger partial charge in [0.2, 0.25) is 0 Å². The van der Waals surface area contributed by atoms with E-state index in [0.717, 1.165) is 53.6 Å². The topological polar surface area (TPSA) is 26.7 Å². The Morgan fingerprint density at radius 2 is 1.27 bits per heavy atom. The Morgan fingerprint density at radius 1 is 0.697 bits per heavy atom. The lowest BCUT2D eigenvalue weighted by molar-refractivity contribution is 0.104. The SMILES string of the molecule is Oc1ccc2ccccc2c1CN1CCN(C(c2ccc(F)cc2)c2ccc(F)cc2)CC1. The maximum absolute atomic E-state index is 13.6. The number of phenols is 1. The summed E-state index contributed by atoms with van der Waals surface area (Å²) in [5.41, 5.74) is 2.93. The molecule has 0 saturated carbocycles. The molecule has 168 valence electrons. The van der Waals surface area contributed by atoms with E-state index >= 15 is 0 Å². The average Bonchev–Trinajstić information content (AvgIpc) is 2.84. The number of piperazine rings is 1. The highest BCUT2D eigenvalue weighted by Crippen LogP contribution is 2.32. The quantitative estimate of drug-likeness (QED) is 0.426. The number of hydrogen-bond acceptors (Lipinski definition) is 3. The lowest BCUT2D eigenvalue weighted by Gasteiger charge is -2.40. The first-order valence-corrected chi connectivity index (χ1v) is 11.3. The molecule has 0 unspecified atom stereocenters. The van der Waals surface area contributed by atoms with Gasteiger partial charge < -0.3 is 5.11 Å². The maximum atomic E-state index is 13.6. The minimum absolute atomic E-state index is 0.0701. The highest BCUT2D eigenvalue weighted by Gasteiger charge is 2.27. The van der Waals surface area contributed by atoms with Crippen molar-refractivity contribution >= 4 is 10.8 Å². The van der Waals surface area contributed by atoms with Crippen molar-refractivity contribution in [2.75, 3.05) is 26.2 Å². The number of phenolic OH excluding ortho intramolecular Hbond substituents is 1. The molecule has 33 heavy (non-hydrogen) atoms. The lowest BCUT2D eigenvalue weighted by atomic mass is 9.96. The van der Waals surface area contributed by atoms with E-state index in [1.807, 2.05) is 42.5 Å². The fourth-order valence-corrected chi connectivity index (χ4v) is 4.80. The normalized spacial score (nSPS) is 15.4. The first-order valence-electron chi connectivity index (χ1n) is 11.3. The molecule has 0 radical (unpaired) electrons. The van der Waals surface area contributed by atoms with Gasteiger partial charge in [-0.1, -0.05) is 54.6 Å². The van der Waals surface area contributed by atoms with Crippen LogP contribution in [-0.4, -0.2) is 41.1 Å². The Morgan fingerprint density at radius 3 is 1.88 bits per heavy atom. The largest absolute Gasteiger partial charge is 0.508 e. The third-order valence-electron chi connectivity index (χ3n) is 6.54. The summed E-state index contributed by atoms with van der Waals surface area (Å²) in [6.45, 7) is 3.97. The van der Waals surface area contributed by atoms with Gasteiger partial charge in [-0.05, 0) is 52.2 Å². The third-order valence-corrected chi connectivity index (χ3v) is 6.54. The first kappa shape index (κ1) is 21.6. The minimum Gasteiger partial charge on any atom is -0.508 e. The number of rotatable bonds is 5. The number of aromatic hydroxyl groups is 1. The van der Waals surface area contributed by atoms with E-state index in [-0.39, 0.29) is 17.7 Å². The van der Waals surface area contributed by atoms with Gasteiger partial charge in [0.15, 0.2) is 0 Å². The van der Waals surface area contributed by atoms with E-state index in [4.69, 9.17) is 0 Å². The number of hydrogen-bond donors (Lipinski definition) is 1. The lowest BCUT2D eigenvalue weighted by Crippen LogP contribution is -2.47. The zero-order valence-corrected chi connectivity index (χ0v) is 18.3. The molecule has 1 aliphatic rings. The van der Waals surface area contributed by atoms with Crippen molar-refractivity contribution in [1.29, 1.82) is 0 Å². The van der Waals surface area contributed by atoms with E-state index in [2.05, 4.69) is 21.9 Å². The summed E-state index contributed by atoms with van der Waals surface area (Å²) in [6.07, 6.45) is 0. The van der Waals surface area contributed by atoms with Crippen LogP contribution in [0.25, 0.3) is 10.8 Å². The molecule has 0 spiro atoms. The molecule has 1 N–H and O–H groups in total. The van der Waals surface area contributed by atoms with Gasteiger partial charge >= 0.3 is 0 Å². The molecular weight excluding hydrogens is 418 g/mol. The third kappa shape index (κ3) is 4.61. The van der Waals surface area contributed by atoms with Gasteiger partial charge in [0.1, 0.15) is 17.4 Å². The Kier molecular flexibility index (Phi) is 6.07. The van der Waals surface area contributed by atoms with Gasteiger partial charge in [-0.25, -0.2) is 8.78 Å². The van der Waals surface area contributed by atoms with Crippen molar-refractivity contribution in [2.45, 2.75) is 12.6 Å². The van der Waals surface area contributed by atoms with Crippen molar-refractivity contribution < 1.29 is 13.9 Å². The van der Waals surface area contributed by atoms with Gasteiger partial charge in [0.05, 0.1) is 6.04 Å². The highest BCUT2D eigenvalue weighted by atomic mass is 19.1. The second kappa shape index (κ2) is 9.30. The van der Waals surface area contributed by atoms with Crippen molar-refractivity contribution in [3.8, 4) is 5.75 Å². The van der Waals surface area contributed by atoms with Crippen LogP contribution in [0.5, 0.6) is 5.75 Å². The fraction of sp³-hybridized carbons (Fsp3) is 0.214. The summed E-state index contributed by atoms with van der Waals surface area (Å²) < 4.78 is 27.1. The molecule has 0 amide bonds. The van der Waals surface area contributed by atoms with E-state index < -0.39 is 0 Å². The smallest absolute Gasteiger partial charge is 0.123 e. The van der Waals surface area contributed by atoms with E-state index in [1.165, 1.54) is 24.3 Å². The van der Waals surface area contributed by atoms with Crippen LogP contribution < -0.4 is 0 Å². The van der Waals surface area contributed by atoms with Crippen LogP contribution in [0.2, 0.25) is 0 Å². The number of benzene rings is 4. The summed E-state index contributed by atoms with van der Waals surface area (Å²) in [4.78, 5) is 4.71. The Hall–Kier alpha value is -3.28. The van der Waals surface area contributed by atoms with Crippen LogP contribution in [0.1, 0.15) is 22.7 Å². The van der Waals surface area contributed by atoms with Crippen LogP contribution >= 0.6 is 0 Å². The predicted octanol–water partition coefficient (Wildman–Crippen LogP) is 5.73. The first-order chi connectivity index (χ1) is 16.1. The van der Waals surface area contributed by atoms with Gasteiger partial charge in [0, 0.05) is 38.3 Å². The van der Waals surface area contributed by atoms with Crippen molar-refractivity contribution in [2.24, 2.45) is 0 Å². The van der Waals surface area contributed by atoms with E-state index in [0.29, 0.717) is 12.3 Å². The second-order valence-corrected chi connectivity index (χ2v) is 8.60. The Bertz CT molecular complexity index is 1190. The molecule has 4 aromatic rings. The van der Waals surface area contributed by atoms with Crippen molar-refractivity contribution in [3.63, 3.8) is 0 Å². The molecule has 1 aliphatic heterocycles. The zero-order chi connectivity index (χ0) is 22.8. The van der Waals surface area contributed by atoms with Gasteiger partial charge in [-0.15, -0.1) is 0 Å². The summed E-state index contributed by atoms with van der Waals surface area (Å²) in [5, 5.41) is 12.7. The maximum Gasteiger partial charge on any atom is 0.123 e. The van der Waals surface area contributed by atoms with Crippen LogP contribution in [0.15, 0.2) is 84.9 Å². The molecule has 1 fully saturated rings. The number of halogens is 2. The van der Waals surface area contributed by atoms with Crippen LogP contribution in [-0.2, 0) is 6.54 Å². The fourth-order valence-electron chi connectivity index (χ4n) is 4.80. The molecule has 0 aromatic heterocycles. The standard InChI is InChI=1S/C28H26F2N2O/c29-23-10-5-21(6-11-23)28(22-7-12-24(30)13-8-22)32-17-15-31(16-18-32)19-26-25-4-2-1-3-20(25)9-14-27(26)33/h1-14,28,33H,15-19H2. The van der Waals surface area contributed by atoms with Crippen molar-refractivity contribution in [3.05, 3.63) is 113 Å². The minimum atomic E-state index is -0.267.